The molecule has 0 aromatic rings. The molecule has 6 nitrogen and oxygen atoms in total. The topological polar surface area (TPSA) is 70.7 Å². The Balaban J connectivity index is 2.85. The fourth-order valence-electron chi connectivity index (χ4n) is 1.46. The normalized spacial score (nSPS) is 15.6. The number of urea groups is 1. The van der Waals surface area contributed by atoms with Gasteiger partial charge in [-0.2, -0.15) is 0 Å². The molecule has 2 amide bonds. The predicted octanol–water partition coefficient (Wildman–Crippen LogP) is 0.0681. The average Bonchev–Trinajstić information content (AvgIpc) is 2.29. The fraction of sp³-hybridized carbons (Fsp3) is 0.636. The highest BCUT2D eigenvalue weighted by molar-refractivity contribution is 5.93. The van der Waals surface area contributed by atoms with E-state index in [9.17, 15) is 9.59 Å². The molecule has 2 N–H and O–H groups in total. The quantitative estimate of drug-likeness (QED) is 0.668. The van der Waals surface area contributed by atoms with Crippen molar-refractivity contribution >= 4 is 12.0 Å². The molecule has 1 aliphatic heterocycles. The van der Waals surface area contributed by atoms with Crippen molar-refractivity contribution in [1.82, 2.24) is 15.5 Å². The van der Waals surface area contributed by atoms with Crippen molar-refractivity contribution in [3.63, 3.8) is 0 Å². The molecule has 1 heterocycles. The number of rotatable bonds is 5. The van der Waals surface area contributed by atoms with Crippen molar-refractivity contribution in [2.24, 2.45) is 0 Å². The number of nitrogens with zero attached hydrogens (tertiary/aromatic N) is 1. The van der Waals surface area contributed by atoms with E-state index in [1.807, 2.05) is 18.9 Å². The first-order valence-electron chi connectivity index (χ1n) is 5.71. The van der Waals surface area contributed by atoms with Crippen molar-refractivity contribution < 1.29 is 14.3 Å². The maximum absolute atomic E-state index is 11.7. The van der Waals surface area contributed by atoms with Gasteiger partial charge in [0.2, 0.25) is 0 Å². The molecule has 0 aromatic heterocycles. The van der Waals surface area contributed by atoms with Gasteiger partial charge in [-0.25, -0.2) is 9.59 Å². The summed E-state index contributed by atoms with van der Waals surface area (Å²) >= 11 is 0. The van der Waals surface area contributed by atoms with Gasteiger partial charge >= 0.3 is 12.0 Å². The van der Waals surface area contributed by atoms with Gasteiger partial charge in [-0.05, 0) is 20.5 Å². The molecule has 0 saturated carbocycles. The van der Waals surface area contributed by atoms with Crippen LogP contribution in [0.25, 0.3) is 0 Å². The van der Waals surface area contributed by atoms with Crippen LogP contribution in [-0.4, -0.2) is 50.2 Å². The number of hydrogen-bond donors (Lipinski definition) is 2. The summed E-state index contributed by atoms with van der Waals surface area (Å²) < 4.78 is 4.96. The van der Waals surface area contributed by atoms with Crippen molar-refractivity contribution in [3.05, 3.63) is 11.3 Å². The number of nitrogens with one attached hydrogen (secondary N) is 2. The molecule has 1 rings (SSSR count). The average molecular weight is 241 g/mol. The lowest BCUT2D eigenvalue weighted by molar-refractivity contribution is -0.138. The van der Waals surface area contributed by atoms with Crippen LogP contribution >= 0.6 is 0 Å². The number of carbonyl (C=O) groups excluding carboxylic acids is 2. The monoisotopic (exact) mass is 241 g/mol. The number of hydrogen-bond acceptors (Lipinski definition) is 4. The highest BCUT2D eigenvalue weighted by Gasteiger charge is 2.23. The molecular weight excluding hydrogens is 222 g/mol. The van der Waals surface area contributed by atoms with E-state index in [1.54, 1.807) is 6.92 Å². The van der Waals surface area contributed by atoms with Crippen LogP contribution in [0.4, 0.5) is 4.79 Å². The first-order chi connectivity index (χ1) is 8.08. The van der Waals surface area contributed by atoms with E-state index in [4.69, 9.17) is 4.74 Å². The lowest BCUT2D eigenvalue weighted by Gasteiger charge is -2.24. The second kappa shape index (κ2) is 6.24. The van der Waals surface area contributed by atoms with Gasteiger partial charge in [-0.15, -0.1) is 0 Å². The first-order valence-corrected chi connectivity index (χ1v) is 5.71. The summed E-state index contributed by atoms with van der Waals surface area (Å²) in [5.74, 6) is -0.375. The third-order valence-corrected chi connectivity index (χ3v) is 2.54. The predicted molar refractivity (Wildman–Crippen MR) is 63.4 cm³/mol. The van der Waals surface area contributed by atoms with Gasteiger partial charge in [-0.1, -0.05) is 6.92 Å². The molecule has 0 atom stereocenters. The second-order valence-corrected chi connectivity index (χ2v) is 3.82. The van der Waals surface area contributed by atoms with E-state index in [0.717, 1.165) is 6.54 Å². The van der Waals surface area contributed by atoms with Gasteiger partial charge in [-0.3, -0.25) is 0 Å². The Bertz CT molecular complexity index is 339. The second-order valence-electron chi connectivity index (χ2n) is 3.82. The summed E-state index contributed by atoms with van der Waals surface area (Å²) in [5, 5.41) is 5.22. The summed E-state index contributed by atoms with van der Waals surface area (Å²) in [6, 6.07) is -0.280. The molecule has 0 spiro atoms. The molecule has 0 saturated heterocycles. The molecule has 6 heteroatoms. The largest absolute Gasteiger partial charge is 0.463 e. The zero-order valence-electron chi connectivity index (χ0n) is 10.5. The standard InChI is InChI=1S/C11H19N3O3/c1-4-14(3)7-9-8(10(15)17-5-2)6-12-11(16)13-9/h4-7H2,1-3H3,(H2,12,13,16). The summed E-state index contributed by atoms with van der Waals surface area (Å²) in [7, 11) is 1.92. The summed E-state index contributed by atoms with van der Waals surface area (Å²) in [6.07, 6.45) is 0. The Labute approximate surface area is 101 Å². The zero-order valence-corrected chi connectivity index (χ0v) is 10.5. The third kappa shape index (κ3) is 3.74. The SMILES string of the molecule is CCOC(=O)C1=C(CN(C)CC)NC(=O)NC1. The maximum atomic E-state index is 11.7. The molecular formula is C11H19N3O3. The summed E-state index contributed by atoms with van der Waals surface area (Å²) in [4.78, 5) is 24.9. The number of esters is 1. The van der Waals surface area contributed by atoms with Crippen molar-refractivity contribution in [2.75, 3.05) is 33.3 Å². The first kappa shape index (κ1) is 13.5. The van der Waals surface area contributed by atoms with E-state index < -0.39 is 0 Å². The van der Waals surface area contributed by atoms with Gasteiger partial charge in [0.25, 0.3) is 0 Å². The fourth-order valence-corrected chi connectivity index (χ4v) is 1.46. The van der Waals surface area contributed by atoms with Crippen LogP contribution in [0.3, 0.4) is 0 Å². The van der Waals surface area contributed by atoms with Gasteiger partial charge in [0.15, 0.2) is 0 Å². The van der Waals surface area contributed by atoms with E-state index in [1.165, 1.54) is 0 Å². The number of amides is 2. The smallest absolute Gasteiger partial charge is 0.337 e. The van der Waals surface area contributed by atoms with Crippen LogP contribution < -0.4 is 10.6 Å². The van der Waals surface area contributed by atoms with Crippen LogP contribution in [0.15, 0.2) is 11.3 Å². The molecule has 0 aromatic carbocycles. The van der Waals surface area contributed by atoms with Crippen LogP contribution in [-0.2, 0) is 9.53 Å². The Hall–Kier alpha value is -1.56. The van der Waals surface area contributed by atoms with E-state index >= 15 is 0 Å². The molecule has 0 bridgehead atoms. The lowest BCUT2D eigenvalue weighted by Crippen LogP contribution is -2.46. The Morgan fingerprint density at radius 3 is 2.76 bits per heavy atom. The third-order valence-electron chi connectivity index (χ3n) is 2.54. The van der Waals surface area contributed by atoms with Crippen molar-refractivity contribution in [1.29, 1.82) is 0 Å². The highest BCUT2D eigenvalue weighted by Crippen LogP contribution is 2.09. The number of ether oxygens (including phenoxy) is 1. The molecule has 17 heavy (non-hydrogen) atoms. The molecule has 0 fully saturated rings. The van der Waals surface area contributed by atoms with Gasteiger partial charge in [0.05, 0.1) is 18.7 Å². The van der Waals surface area contributed by atoms with Crippen LogP contribution in [0, 0.1) is 0 Å². The van der Waals surface area contributed by atoms with E-state index in [-0.39, 0.29) is 18.5 Å². The highest BCUT2D eigenvalue weighted by atomic mass is 16.5. The molecule has 0 unspecified atom stereocenters. The Morgan fingerprint density at radius 2 is 2.18 bits per heavy atom. The summed E-state index contributed by atoms with van der Waals surface area (Å²) in [6.45, 7) is 5.67. The molecule has 0 aliphatic carbocycles. The molecule has 96 valence electrons. The van der Waals surface area contributed by atoms with Gasteiger partial charge in [0.1, 0.15) is 0 Å². The maximum Gasteiger partial charge on any atom is 0.337 e. The van der Waals surface area contributed by atoms with Gasteiger partial charge in [0, 0.05) is 12.2 Å². The minimum atomic E-state index is -0.375. The van der Waals surface area contributed by atoms with Crippen LogP contribution in [0.5, 0.6) is 0 Å². The van der Waals surface area contributed by atoms with Crippen LogP contribution in [0.1, 0.15) is 13.8 Å². The van der Waals surface area contributed by atoms with E-state index in [2.05, 4.69) is 10.6 Å². The van der Waals surface area contributed by atoms with E-state index in [0.29, 0.717) is 24.4 Å². The van der Waals surface area contributed by atoms with Gasteiger partial charge < -0.3 is 20.3 Å². The van der Waals surface area contributed by atoms with Crippen molar-refractivity contribution in [2.45, 2.75) is 13.8 Å². The zero-order chi connectivity index (χ0) is 12.8. The minimum absolute atomic E-state index is 0.220. The van der Waals surface area contributed by atoms with Crippen molar-refractivity contribution in [3.8, 4) is 0 Å². The Kier molecular flexibility index (Phi) is 4.96. The molecule has 0 radical (unpaired) electrons. The summed E-state index contributed by atoms with van der Waals surface area (Å²) in [5.41, 5.74) is 1.11. The Morgan fingerprint density at radius 1 is 1.47 bits per heavy atom. The van der Waals surface area contributed by atoms with Crippen LogP contribution in [0.2, 0.25) is 0 Å². The lowest BCUT2D eigenvalue weighted by atomic mass is 10.1. The number of likely N-dealkylation sites (N-methyl/N-ethyl adjacent to an activating group) is 1. The molecule has 1 aliphatic rings. The number of carbonyl (C=O) groups is 2. The minimum Gasteiger partial charge on any atom is -0.463 e.